The van der Waals surface area contributed by atoms with Gasteiger partial charge >= 0.3 is 5.97 Å². The minimum atomic E-state index is -1.21. The lowest BCUT2D eigenvalue weighted by Gasteiger charge is -2.02. The van der Waals surface area contributed by atoms with Gasteiger partial charge in [0.1, 0.15) is 6.29 Å². The van der Waals surface area contributed by atoms with Crippen molar-refractivity contribution in [2.75, 3.05) is 0 Å². The van der Waals surface area contributed by atoms with Gasteiger partial charge in [0.15, 0.2) is 0 Å². The van der Waals surface area contributed by atoms with Crippen LogP contribution < -0.4 is 0 Å². The molecule has 0 heterocycles. The normalized spacial score (nSPS) is 10.4. The number of carbonyl (C=O) groups excluding carboxylic acids is 1. The van der Waals surface area contributed by atoms with E-state index in [1.807, 2.05) is 0 Å². The molecule has 17 heavy (non-hydrogen) atoms. The van der Waals surface area contributed by atoms with Crippen LogP contribution in [0.1, 0.15) is 21.5 Å². The van der Waals surface area contributed by atoms with Crippen molar-refractivity contribution in [3.8, 4) is 0 Å². The molecule has 0 atom stereocenters. The molecule has 0 bridgehead atoms. The van der Waals surface area contributed by atoms with E-state index in [0.29, 0.717) is 11.8 Å². The molecule has 1 rings (SSSR count). The number of carboxylic acids is 1. The molecular weight excluding hydrogens is 226 g/mol. The van der Waals surface area contributed by atoms with E-state index >= 15 is 0 Å². The lowest BCUT2D eigenvalue weighted by molar-refractivity contribution is -0.385. The van der Waals surface area contributed by atoms with Gasteiger partial charge in [0.05, 0.1) is 10.5 Å². The van der Waals surface area contributed by atoms with E-state index < -0.39 is 10.9 Å². The molecule has 6 heteroatoms. The Bertz CT molecular complexity index is 519. The number of aliphatic carboxylic acids is 1. The summed E-state index contributed by atoms with van der Waals surface area (Å²) < 4.78 is 0. The highest BCUT2D eigenvalue weighted by Gasteiger charge is 2.16. The number of benzene rings is 1. The molecule has 1 aromatic rings. The summed E-state index contributed by atoms with van der Waals surface area (Å²) in [6.45, 7) is 1.49. The number of hydrogen-bond acceptors (Lipinski definition) is 4. The number of carbonyl (C=O) groups is 2. The molecule has 0 saturated carbocycles. The maximum Gasteiger partial charge on any atom is 0.328 e. The Morgan fingerprint density at radius 1 is 1.47 bits per heavy atom. The molecule has 0 radical (unpaired) electrons. The number of nitro benzene ring substituents is 1. The Hall–Kier alpha value is -2.50. The molecule has 0 unspecified atom stereocenters. The Morgan fingerprint density at radius 3 is 2.59 bits per heavy atom. The van der Waals surface area contributed by atoms with Crippen molar-refractivity contribution in [3.63, 3.8) is 0 Å². The number of carboxylic acid groups (broad SMARTS) is 1. The molecule has 0 spiro atoms. The zero-order chi connectivity index (χ0) is 13.0. The molecule has 1 aromatic carbocycles. The first-order valence-electron chi connectivity index (χ1n) is 4.61. The summed E-state index contributed by atoms with van der Waals surface area (Å²) in [5.41, 5.74) is 0.468. The first kappa shape index (κ1) is 12.6. The summed E-state index contributed by atoms with van der Waals surface area (Å²) >= 11 is 0. The third-order valence-corrected chi connectivity index (χ3v) is 2.08. The van der Waals surface area contributed by atoms with E-state index in [2.05, 4.69) is 0 Å². The highest BCUT2D eigenvalue weighted by molar-refractivity contribution is 5.87. The Balaban J connectivity index is 3.42. The van der Waals surface area contributed by atoms with Crippen molar-refractivity contribution in [1.82, 2.24) is 0 Å². The Kier molecular flexibility index (Phi) is 3.71. The second-order valence-electron chi connectivity index (χ2n) is 3.32. The number of hydrogen-bond donors (Lipinski definition) is 1. The van der Waals surface area contributed by atoms with E-state index in [4.69, 9.17) is 5.11 Å². The molecule has 0 aromatic heterocycles. The van der Waals surface area contributed by atoms with E-state index in [1.165, 1.54) is 19.1 Å². The van der Waals surface area contributed by atoms with Crippen molar-refractivity contribution in [3.05, 3.63) is 45.0 Å². The Labute approximate surface area is 96.3 Å². The van der Waals surface area contributed by atoms with Gasteiger partial charge in [-0.15, -0.1) is 0 Å². The van der Waals surface area contributed by atoms with Crippen LogP contribution in [0, 0.1) is 17.0 Å². The van der Waals surface area contributed by atoms with Crippen LogP contribution in [-0.2, 0) is 4.79 Å². The van der Waals surface area contributed by atoms with Gasteiger partial charge in [0.25, 0.3) is 5.69 Å². The van der Waals surface area contributed by atoms with Gasteiger partial charge in [0.2, 0.25) is 0 Å². The van der Waals surface area contributed by atoms with Gasteiger partial charge in [-0.25, -0.2) is 4.79 Å². The van der Waals surface area contributed by atoms with Crippen LogP contribution in [0.2, 0.25) is 0 Å². The monoisotopic (exact) mass is 235 g/mol. The minimum Gasteiger partial charge on any atom is -0.478 e. The summed E-state index contributed by atoms with van der Waals surface area (Å²) in [5.74, 6) is -1.21. The van der Waals surface area contributed by atoms with Gasteiger partial charge in [-0.05, 0) is 25.1 Å². The average molecular weight is 235 g/mol. The quantitative estimate of drug-likeness (QED) is 0.371. The molecular formula is C11H9NO5. The van der Waals surface area contributed by atoms with Crippen molar-refractivity contribution in [1.29, 1.82) is 0 Å². The number of nitro groups is 1. The molecule has 0 amide bonds. The summed E-state index contributed by atoms with van der Waals surface area (Å²) in [6.07, 6.45) is 2.44. The highest BCUT2D eigenvalue weighted by Crippen LogP contribution is 2.25. The first-order valence-corrected chi connectivity index (χ1v) is 4.61. The van der Waals surface area contributed by atoms with Gasteiger partial charge in [0, 0.05) is 17.2 Å². The number of aryl methyl sites for hydroxylation is 1. The number of rotatable bonds is 4. The Morgan fingerprint density at radius 2 is 2.12 bits per heavy atom. The first-order chi connectivity index (χ1) is 7.95. The van der Waals surface area contributed by atoms with Gasteiger partial charge in [-0.2, -0.15) is 0 Å². The summed E-state index contributed by atoms with van der Waals surface area (Å²) in [7, 11) is 0. The van der Waals surface area contributed by atoms with Crippen LogP contribution >= 0.6 is 0 Å². The minimum absolute atomic E-state index is 0.0968. The standard InChI is InChI=1S/C11H9NO5/c1-7-4-8(6-13)5-9(2-3-10(14)15)11(7)12(16)17/h2-6H,1H3,(H,14,15)/b3-2+. The predicted octanol–water partition coefficient (Wildman–Crippen LogP) is 1.81. The van der Waals surface area contributed by atoms with Crippen molar-refractivity contribution in [2.45, 2.75) is 6.92 Å². The summed E-state index contributed by atoms with van der Waals surface area (Å²) in [5, 5.41) is 19.3. The third kappa shape index (κ3) is 2.97. The molecule has 0 fully saturated rings. The van der Waals surface area contributed by atoms with Crippen LogP contribution in [0.25, 0.3) is 6.08 Å². The van der Waals surface area contributed by atoms with Crippen LogP contribution in [0.3, 0.4) is 0 Å². The van der Waals surface area contributed by atoms with Crippen molar-refractivity contribution >= 4 is 24.0 Å². The predicted molar refractivity (Wildman–Crippen MR) is 59.9 cm³/mol. The fourth-order valence-corrected chi connectivity index (χ4v) is 1.44. The second kappa shape index (κ2) is 5.02. The van der Waals surface area contributed by atoms with Crippen LogP contribution in [0.5, 0.6) is 0 Å². The summed E-state index contributed by atoms with van der Waals surface area (Å²) in [4.78, 5) is 31.2. The third-order valence-electron chi connectivity index (χ3n) is 2.08. The van der Waals surface area contributed by atoms with Crippen LogP contribution in [0.4, 0.5) is 5.69 Å². The zero-order valence-electron chi connectivity index (χ0n) is 8.91. The number of nitrogens with zero attached hydrogens (tertiary/aromatic N) is 1. The fourth-order valence-electron chi connectivity index (χ4n) is 1.44. The van der Waals surface area contributed by atoms with E-state index in [-0.39, 0.29) is 16.8 Å². The van der Waals surface area contributed by atoms with Gasteiger partial charge in [-0.3, -0.25) is 14.9 Å². The lowest BCUT2D eigenvalue weighted by atomic mass is 10.0. The maximum absolute atomic E-state index is 10.8. The molecule has 0 aliphatic heterocycles. The van der Waals surface area contributed by atoms with Crippen molar-refractivity contribution < 1.29 is 19.6 Å². The van der Waals surface area contributed by atoms with Crippen LogP contribution in [-0.4, -0.2) is 22.3 Å². The summed E-state index contributed by atoms with van der Waals surface area (Å²) in [6, 6.07) is 2.65. The van der Waals surface area contributed by atoms with E-state index in [9.17, 15) is 19.7 Å². The second-order valence-corrected chi connectivity index (χ2v) is 3.32. The molecule has 0 aliphatic rings. The topological polar surface area (TPSA) is 97.5 Å². The molecule has 88 valence electrons. The lowest BCUT2D eigenvalue weighted by Crippen LogP contribution is -1.97. The van der Waals surface area contributed by atoms with Gasteiger partial charge in [-0.1, -0.05) is 0 Å². The maximum atomic E-state index is 10.8. The average Bonchev–Trinajstić information content (AvgIpc) is 2.24. The molecule has 0 saturated heterocycles. The van der Waals surface area contributed by atoms with Crippen LogP contribution in [0.15, 0.2) is 18.2 Å². The van der Waals surface area contributed by atoms with E-state index in [1.54, 1.807) is 0 Å². The molecule has 6 nitrogen and oxygen atoms in total. The zero-order valence-corrected chi connectivity index (χ0v) is 8.91. The largest absolute Gasteiger partial charge is 0.478 e. The smallest absolute Gasteiger partial charge is 0.328 e. The molecule has 1 N–H and O–H groups in total. The SMILES string of the molecule is Cc1cc(C=O)cc(/C=C/C(=O)O)c1[N+](=O)[O-]. The fraction of sp³-hybridized carbons (Fsp3) is 0.0909. The molecule has 0 aliphatic carbocycles. The van der Waals surface area contributed by atoms with E-state index in [0.717, 1.165) is 12.2 Å². The highest BCUT2D eigenvalue weighted by atomic mass is 16.6. The number of aldehydes is 1. The van der Waals surface area contributed by atoms with Gasteiger partial charge < -0.3 is 5.11 Å². The van der Waals surface area contributed by atoms with Crippen molar-refractivity contribution in [2.24, 2.45) is 0 Å².